The third kappa shape index (κ3) is 5.15. The summed E-state index contributed by atoms with van der Waals surface area (Å²) in [5.41, 5.74) is 0. The molecule has 7 heteroatoms. The number of aliphatic carboxylic acids is 2. The largest absolute Gasteiger partial charge is 0.481 e. The second-order valence-electron chi connectivity index (χ2n) is 4.97. The van der Waals surface area contributed by atoms with Crippen LogP contribution >= 0.6 is 0 Å². The van der Waals surface area contributed by atoms with Crippen molar-refractivity contribution in [2.75, 3.05) is 13.1 Å². The molecule has 19 heavy (non-hydrogen) atoms. The quantitative estimate of drug-likeness (QED) is 0.684. The fourth-order valence-electron chi connectivity index (χ4n) is 2.14. The fourth-order valence-corrected chi connectivity index (χ4v) is 2.14. The Labute approximate surface area is 111 Å². The van der Waals surface area contributed by atoms with Crippen molar-refractivity contribution < 1.29 is 24.6 Å². The highest BCUT2D eigenvalue weighted by Gasteiger charge is 2.26. The molecule has 0 bridgehead atoms. The SMILES string of the molecule is CC1CCCN(C(=O)NC(CCC(=O)O)C(=O)O)C1. The summed E-state index contributed by atoms with van der Waals surface area (Å²) in [6.45, 7) is 3.26. The van der Waals surface area contributed by atoms with Gasteiger partial charge in [0, 0.05) is 19.5 Å². The van der Waals surface area contributed by atoms with E-state index in [0.717, 1.165) is 12.8 Å². The zero-order chi connectivity index (χ0) is 14.4. The average Bonchev–Trinajstić information content (AvgIpc) is 2.33. The van der Waals surface area contributed by atoms with Gasteiger partial charge in [0.15, 0.2) is 0 Å². The summed E-state index contributed by atoms with van der Waals surface area (Å²) in [6.07, 6.45) is 1.57. The van der Waals surface area contributed by atoms with Crippen LogP contribution in [0.1, 0.15) is 32.6 Å². The normalized spacial score (nSPS) is 20.7. The standard InChI is InChI=1S/C12H20N2O5/c1-8-3-2-6-14(7-8)12(19)13-9(11(17)18)4-5-10(15)16/h8-9H,2-7H2,1H3,(H,13,19)(H,15,16)(H,17,18). The first-order chi connectivity index (χ1) is 8.90. The molecule has 1 saturated heterocycles. The Morgan fingerprint density at radius 2 is 2.05 bits per heavy atom. The molecule has 0 aliphatic carbocycles. The van der Waals surface area contributed by atoms with Crippen molar-refractivity contribution in [3.63, 3.8) is 0 Å². The van der Waals surface area contributed by atoms with Crippen molar-refractivity contribution in [1.82, 2.24) is 10.2 Å². The van der Waals surface area contributed by atoms with Crippen LogP contribution in [0, 0.1) is 5.92 Å². The number of likely N-dealkylation sites (tertiary alicyclic amines) is 1. The van der Waals surface area contributed by atoms with Crippen molar-refractivity contribution in [2.45, 2.75) is 38.6 Å². The van der Waals surface area contributed by atoms with Gasteiger partial charge in [-0.1, -0.05) is 6.92 Å². The smallest absolute Gasteiger partial charge is 0.326 e. The van der Waals surface area contributed by atoms with E-state index < -0.39 is 24.0 Å². The van der Waals surface area contributed by atoms with E-state index in [1.165, 1.54) is 0 Å². The number of carboxylic acids is 2. The molecule has 0 spiro atoms. The van der Waals surface area contributed by atoms with Crippen LogP contribution in [0.5, 0.6) is 0 Å². The molecule has 1 rings (SSSR count). The second-order valence-corrected chi connectivity index (χ2v) is 4.97. The summed E-state index contributed by atoms with van der Waals surface area (Å²) < 4.78 is 0. The number of nitrogens with zero attached hydrogens (tertiary/aromatic N) is 1. The summed E-state index contributed by atoms with van der Waals surface area (Å²) in [7, 11) is 0. The molecule has 1 aliphatic heterocycles. The van der Waals surface area contributed by atoms with Crippen LogP contribution < -0.4 is 5.32 Å². The maximum atomic E-state index is 11.9. The molecule has 1 aliphatic rings. The van der Waals surface area contributed by atoms with Gasteiger partial charge in [0.1, 0.15) is 6.04 Å². The number of carbonyl (C=O) groups excluding carboxylic acids is 1. The lowest BCUT2D eigenvalue weighted by Gasteiger charge is -2.31. The zero-order valence-electron chi connectivity index (χ0n) is 11.0. The van der Waals surface area contributed by atoms with Gasteiger partial charge in [0.2, 0.25) is 0 Å². The molecular weight excluding hydrogens is 252 g/mol. The predicted molar refractivity (Wildman–Crippen MR) is 66.8 cm³/mol. The molecular formula is C12H20N2O5. The Hall–Kier alpha value is -1.79. The molecule has 2 unspecified atom stereocenters. The average molecular weight is 272 g/mol. The summed E-state index contributed by atoms with van der Waals surface area (Å²) in [5.74, 6) is -1.88. The van der Waals surface area contributed by atoms with Gasteiger partial charge in [-0.25, -0.2) is 9.59 Å². The van der Waals surface area contributed by atoms with E-state index in [2.05, 4.69) is 5.32 Å². The van der Waals surface area contributed by atoms with Gasteiger partial charge in [0.05, 0.1) is 0 Å². The van der Waals surface area contributed by atoms with Gasteiger partial charge in [-0.3, -0.25) is 4.79 Å². The van der Waals surface area contributed by atoms with E-state index in [9.17, 15) is 14.4 Å². The maximum Gasteiger partial charge on any atom is 0.326 e. The van der Waals surface area contributed by atoms with E-state index >= 15 is 0 Å². The summed E-state index contributed by atoms with van der Waals surface area (Å²) in [5, 5.41) is 19.9. The van der Waals surface area contributed by atoms with Gasteiger partial charge in [-0.15, -0.1) is 0 Å². The van der Waals surface area contributed by atoms with Crippen LogP contribution in [-0.4, -0.2) is 52.2 Å². The minimum absolute atomic E-state index is 0.111. The van der Waals surface area contributed by atoms with E-state index in [4.69, 9.17) is 10.2 Å². The molecule has 0 saturated carbocycles. The fraction of sp³-hybridized carbons (Fsp3) is 0.750. The molecule has 0 aromatic carbocycles. The van der Waals surface area contributed by atoms with Gasteiger partial charge >= 0.3 is 18.0 Å². The van der Waals surface area contributed by atoms with Gasteiger partial charge in [-0.05, 0) is 25.2 Å². The first-order valence-corrected chi connectivity index (χ1v) is 6.40. The van der Waals surface area contributed by atoms with Crippen LogP contribution in [0.25, 0.3) is 0 Å². The van der Waals surface area contributed by atoms with Crippen molar-refractivity contribution in [1.29, 1.82) is 0 Å². The lowest BCUT2D eigenvalue weighted by Crippen LogP contribution is -2.50. The third-order valence-electron chi connectivity index (χ3n) is 3.19. The number of hydrogen-bond acceptors (Lipinski definition) is 3. The molecule has 0 aromatic heterocycles. The maximum absolute atomic E-state index is 11.9. The Kier molecular flexibility index (Phi) is 5.59. The molecule has 3 N–H and O–H groups in total. The number of carboxylic acid groups (broad SMARTS) is 2. The Morgan fingerprint density at radius 3 is 2.58 bits per heavy atom. The highest BCUT2D eigenvalue weighted by molar-refractivity contribution is 5.83. The summed E-state index contributed by atoms with van der Waals surface area (Å²) in [6, 6.07) is -1.58. The molecule has 0 aromatic rings. The van der Waals surface area contributed by atoms with Crippen LogP contribution in [0.4, 0.5) is 4.79 Å². The number of urea groups is 1. The second kappa shape index (κ2) is 6.96. The van der Waals surface area contributed by atoms with Gasteiger partial charge < -0.3 is 20.4 Å². The highest BCUT2D eigenvalue weighted by atomic mass is 16.4. The topological polar surface area (TPSA) is 107 Å². The molecule has 7 nitrogen and oxygen atoms in total. The number of amides is 2. The molecule has 2 amide bonds. The number of hydrogen-bond donors (Lipinski definition) is 3. The van der Waals surface area contributed by atoms with Crippen LogP contribution in [0.15, 0.2) is 0 Å². The number of rotatable bonds is 5. The van der Waals surface area contributed by atoms with Crippen molar-refractivity contribution in [3.05, 3.63) is 0 Å². The van der Waals surface area contributed by atoms with Gasteiger partial charge in [0.25, 0.3) is 0 Å². The minimum atomic E-state index is -1.21. The van der Waals surface area contributed by atoms with Crippen LogP contribution in [0.3, 0.4) is 0 Å². The van der Waals surface area contributed by atoms with E-state index in [1.54, 1.807) is 4.90 Å². The van der Waals surface area contributed by atoms with Crippen LogP contribution in [0.2, 0.25) is 0 Å². The molecule has 108 valence electrons. The molecule has 1 fully saturated rings. The lowest BCUT2D eigenvalue weighted by atomic mass is 10.0. The molecule has 1 heterocycles. The first kappa shape index (κ1) is 15.3. The summed E-state index contributed by atoms with van der Waals surface area (Å²) in [4.78, 5) is 34.9. The highest BCUT2D eigenvalue weighted by Crippen LogP contribution is 2.15. The van der Waals surface area contributed by atoms with Crippen LogP contribution in [-0.2, 0) is 9.59 Å². The number of piperidine rings is 1. The summed E-state index contributed by atoms with van der Waals surface area (Å²) >= 11 is 0. The van der Waals surface area contributed by atoms with E-state index in [-0.39, 0.29) is 12.8 Å². The lowest BCUT2D eigenvalue weighted by molar-refractivity contribution is -0.140. The van der Waals surface area contributed by atoms with E-state index in [0.29, 0.717) is 19.0 Å². The Balaban J connectivity index is 2.50. The number of nitrogens with one attached hydrogen (secondary N) is 1. The Bertz CT molecular complexity index is 358. The van der Waals surface area contributed by atoms with Crippen molar-refractivity contribution >= 4 is 18.0 Å². The Morgan fingerprint density at radius 1 is 1.37 bits per heavy atom. The molecule has 0 radical (unpaired) electrons. The minimum Gasteiger partial charge on any atom is -0.481 e. The molecule has 2 atom stereocenters. The zero-order valence-corrected chi connectivity index (χ0v) is 11.0. The third-order valence-corrected chi connectivity index (χ3v) is 3.19. The predicted octanol–water partition coefficient (Wildman–Crippen LogP) is 0.746. The van der Waals surface area contributed by atoms with E-state index in [1.807, 2.05) is 6.92 Å². The van der Waals surface area contributed by atoms with Gasteiger partial charge in [-0.2, -0.15) is 0 Å². The van der Waals surface area contributed by atoms with Crippen molar-refractivity contribution in [2.24, 2.45) is 5.92 Å². The van der Waals surface area contributed by atoms with Crippen molar-refractivity contribution in [3.8, 4) is 0 Å². The number of carbonyl (C=O) groups is 3. The monoisotopic (exact) mass is 272 g/mol. The first-order valence-electron chi connectivity index (χ1n) is 6.40.